The maximum Gasteiger partial charge on any atom is 0.261 e. The number of fused-ring (bicyclic) bond motifs is 2. The molecule has 8 nitrogen and oxygen atoms in total. The van der Waals surface area contributed by atoms with Gasteiger partial charge in [-0.2, -0.15) is 0 Å². The SMILES string of the molecule is O=C(Nc1ccc(Oc2ccnc3[nH]ccc23)cc1)c1cn(-c2ccc(Br)cc2)c2ncccc2c1=O. The molecule has 2 N–H and O–H groups in total. The molecule has 9 heteroatoms. The van der Waals surface area contributed by atoms with Gasteiger partial charge in [0.05, 0.1) is 10.8 Å². The van der Waals surface area contributed by atoms with Gasteiger partial charge < -0.3 is 19.6 Å². The van der Waals surface area contributed by atoms with E-state index in [9.17, 15) is 9.59 Å². The number of aromatic nitrogens is 4. The molecule has 0 radical (unpaired) electrons. The van der Waals surface area contributed by atoms with Gasteiger partial charge in [-0.15, -0.1) is 0 Å². The molecule has 2 aromatic carbocycles. The average molecular weight is 552 g/mol. The largest absolute Gasteiger partial charge is 0.457 e. The van der Waals surface area contributed by atoms with E-state index in [1.807, 2.05) is 30.3 Å². The Balaban J connectivity index is 1.29. The second-order valence-corrected chi connectivity index (χ2v) is 9.14. The Morgan fingerprint density at radius 1 is 0.919 bits per heavy atom. The number of anilines is 1. The van der Waals surface area contributed by atoms with E-state index in [-0.39, 0.29) is 11.0 Å². The molecule has 0 atom stereocenters. The number of hydrogen-bond donors (Lipinski definition) is 2. The lowest BCUT2D eigenvalue weighted by Gasteiger charge is -2.13. The summed E-state index contributed by atoms with van der Waals surface area (Å²) >= 11 is 3.43. The number of H-pyrrole nitrogens is 1. The maximum absolute atomic E-state index is 13.2. The summed E-state index contributed by atoms with van der Waals surface area (Å²) in [5.41, 5.74) is 2.13. The van der Waals surface area contributed by atoms with Crippen LogP contribution in [0.5, 0.6) is 11.5 Å². The molecule has 4 aromatic heterocycles. The number of pyridine rings is 3. The number of carbonyl (C=O) groups is 1. The second kappa shape index (κ2) is 9.36. The van der Waals surface area contributed by atoms with E-state index < -0.39 is 5.91 Å². The van der Waals surface area contributed by atoms with E-state index in [0.717, 1.165) is 21.2 Å². The van der Waals surface area contributed by atoms with Crippen molar-refractivity contribution in [2.75, 3.05) is 5.32 Å². The number of ether oxygens (including phenoxy) is 1. The van der Waals surface area contributed by atoms with E-state index in [1.54, 1.807) is 65.6 Å². The molecule has 0 saturated heterocycles. The predicted molar refractivity (Wildman–Crippen MR) is 146 cm³/mol. The number of rotatable bonds is 5. The monoisotopic (exact) mass is 551 g/mol. The number of hydrogen-bond acceptors (Lipinski definition) is 5. The van der Waals surface area contributed by atoms with Crippen molar-refractivity contribution in [2.24, 2.45) is 0 Å². The number of nitrogens with zero attached hydrogens (tertiary/aromatic N) is 3. The van der Waals surface area contributed by atoms with Crippen LogP contribution >= 0.6 is 15.9 Å². The minimum Gasteiger partial charge on any atom is -0.457 e. The highest BCUT2D eigenvalue weighted by Gasteiger charge is 2.17. The summed E-state index contributed by atoms with van der Waals surface area (Å²) in [5.74, 6) is 0.751. The summed E-state index contributed by atoms with van der Waals surface area (Å²) in [6.07, 6.45) is 6.62. The summed E-state index contributed by atoms with van der Waals surface area (Å²) in [6.45, 7) is 0. The Hall–Kier alpha value is -4.76. The lowest BCUT2D eigenvalue weighted by atomic mass is 10.1. The number of benzene rings is 2. The van der Waals surface area contributed by atoms with E-state index in [1.165, 1.54) is 6.20 Å². The molecule has 0 aliphatic heterocycles. The summed E-state index contributed by atoms with van der Waals surface area (Å²) < 4.78 is 8.66. The fourth-order valence-electron chi connectivity index (χ4n) is 4.08. The van der Waals surface area contributed by atoms with Crippen LogP contribution in [0.4, 0.5) is 5.69 Å². The molecule has 0 spiro atoms. The Labute approximate surface area is 218 Å². The summed E-state index contributed by atoms with van der Waals surface area (Å²) in [7, 11) is 0. The fourth-order valence-corrected chi connectivity index (χ4v) is 4.34. The lowest BCUT2D eigenvalue weighted by Crippen LogP contribution is -2.24. The maximum atomic E-state index is 13.2. The van der Waals surface area contributed by atoms with Crippen LogP contribution in [0.3, 0.4) is 0 Å². The minimum atomic E-state index is -0.515. The third-order valence-electron chi connectivity index (χ3n) is 5.87. The number of halogens is 1. The predicted octanol–water partition coefficient (Wildman–Crippen LogP) is 6.07. The molecule has 1 amide bonds. The Morgan fingerprint density at radius 3 is 2.54 bits per heavy atom. The molecule has 0 fully saturated rings. The van der Waals surface area contributed by atoms with Crippen LogP contribution in [0.25, 0.3) is 27.8 Å². The van der Waals surface area contributed by atoms with Gasteiger partial charge in [0.25, 0.3) is 5.91 Å². The second-order valence-electron chi connectivity index (χ2n) is 8.22. The van der Waals surface area contributed by atoms with Crippen molar-refractivity contribution in [1.29, 1.82) is 0 Å². The van der Waals surface area contributed by atoms with Crippen LogP contribution < -0.4 is 15.5 Å². The Morgan fingerprint density at radius 2 is 1.73 bits per heavy atom. The molecule has 180 valence electrons. The zero-order valence-corrected chi connectivity index (χ0v) is 20.8. The molecule has 0 saturated carbocycles. The summed E-state index contributed by atoms with van der Waals surface area (Å²) in [5, 5.41) is 4.04. The smallest absolute Gasteiger partial charge is 0.261 e. The van der Waals surface area contributed by atoms with Crippen LogP contribution in [0, 0.1) is 0 Å². The molecular weight excluding hydrogens is 534 g/mol. The summed E-state index contributed by atoms with van der Waals surface area (Å²) in [6, 6.07) is 21.5. The number of carbonyl (C=O) groups excluding carboxylic acids is 1. The number of amides is 1. The van der Waals surface area contributed by atoms with Crippen LogP contribution in [0.1, 0.15) is 10.4 Å². The normalized spacial score (nSPS) is 11.1. The molecule has 37 heavy (non-hydrogen) atoms. The van der Waals surface area contributed by atoms with Gasteiger partial charge in [0, 0.05) is 40.6 Å². The van der Waals surface area contributed by atoms with Crippen molar-refractivity contribution in [3.63, 3.8) is 0 Å². The van der Waals surface area contributed by atoms with E-state index in [0.29, 0.717) is 28.2 Å². The quantitative estimate of drug-likeness (QED) is 0.270. The van der Waals surface area contributed by atoms with Crippen LogP contribution in [-0.4, -0.2) is 25.4 Å². The molecular formula is C28H18BrN5O3. The number of nitrogens with one attached hydrogen (secondary N) is 2. The first-order valence-corrected chi connectivity index (χ1v) is 12.1. The zero-order chi connectivity index (χ0) is 25.4. The first-order chi connectivity index (χ1) is 18.1. The van der Waals surface area contributed by atoms with Gasteiger partial charge in [0.1, 0.15) is 28.4 Å². The highest BCUT2D eigenvalue weighted by Crippen LogP contribution is 2.29. The molecule has 6 rings (SSSR count). The lowest BCUT2D eigenvalue weighted by molar-refractivity contribution is 0.102. The molecule has 0 unspecified atom stereocenters. The van der Waals surface area contributed by atoms with Crippen LogP contribution in [-0.2, 0) is 0 Å². The van der Waals surface area contributed by atoms with Crippen molar-refractivity contribution in [2.45, 2.75) is 0 Å². The molecule has 0 bridgehead atoms. The highest BCUT2D eigenvalue weighted by atomic mass is 79.9. The van der Waals surface area contributed by atoms with Crippen LogP contribution in [0.2, 0.25) is 0 Å². The standard InChI is InChI=1S/C28H18BrN5O3/c29-17-3-7-19(8-4-17)34-16-23(25(35)22-2-1-13-32-27(22)34)28(36)33-18-5-9-20(10-6-18)37-24-12-15-31-26-21(24)11-14-30-26/h1-16H,(H,30,31)(H,33,36). The molecule has 0 aliphatic carbocycles. The van der Waals surface area contributed by atoms with Gasteiger partial charge in [-0.3, -0.25) is 9.59 Å². The van der Waals surface area contributed by atoms with Crippen molar-refractivity contribution < 1.29 is 9.53 Å². The van der Waals surface area contributed by atoms with Crippen molar-refractivity contribution in [3.05, 3.63) is 118 Å². The van der Waals surface area contributed by atoms with Crippen molar-refractivity contribution in [1.82, 2.24) is 19.5 Å². The van der Waals surface area contributed by atoms with Crippen molar-refractivity contribution in [3.8, 4) is 17.2 Å². The minimum absolute atomic E-state index is 0.00961. The third kappa shape index (κ3) is 4.36. The van der Waals surface area contributed by atoms with Crippen LogP contribution in [0.15, 0.2) is 107 Å². The topological polar surface area (TPSA) is 102 Å². The van der Waals surface area contributed by atoms with E-state index in [4.69, 9.17) is 4.74 Å². The third-order valence-corrected chi connectivity index (χ3v) is 6.40. The van der Waals surface area contributed by atoms with Crippen molar-refractivity contribution >= 4 is 49.6 Å². The first kappa shape index (κ1) is 22.7. The zero-order valence-electron chi connectivity index (χ0n) is 19.2. The van der Waals surface area contributed by atoms with Gasteiger partial charge >= 0.3 is 0 Å². The van der Waals surface area contributed by atoms with Gasteiger partial charge in [0.2, 0.25) is 5.43 Å². The first-order valence-electron chi connectivity index (χ1n) is 11.3. The van der Waals surface area contributed by atoms with E-state index >= 15 is 0 Å². The van der Waals surface area contributed by atoms with Gasteiger partial charge in [-0.05, 0) is 72.8 Å². The Bertz CT molecular complexity index is 1830. The van der Waals surface area contributed by atoms with E-state index in [2.05, 4.69) is 36.2 Å². The molecule has 6 aromatic rings. The average Bonchev–Trinajstić information content (AvgIpc) is 3.41. The highest BCUT2D eigenvalue weighted by molar-refractivity contribution is 9.10. The molecule has 0 aliphatic rings. The van der Waals surface area contributed by atoms with Gasteiger partial charge in [-0.25, -0.2) is 9.97 Å². The van der Waals surface area contributed by atoms with Gasteiger partial charge in [0.15, 0.2) is 0 Å². The summed E-state index contributed by atoms with van der Waals surface area (Å²) in [4.78, 5) is 38.1. The number of aromatic amines is 1. The molecule has 4 heterocycles. The van der Waals surface area contributed by atoms with Gasteiger partial charge in [-0.1, -0.05) is 15.9 Å². The fraction of sp³-hybridized carbons (Fsp3) is 0. The Kier molecular flexibility index (Phi) is 5.74.